The Morgan fingerprint density at radius 2 is 1.79 bits per heavy atom. The third-order valence-electron chi connectivity index (χ3n) is 4.95. The number of halogens is 1. The first-order valence-corrected chi connectivity index (χ1v) is 8.77. The maximum atomic E-state index is 6.20. The van der Waals surface area contributed by atoms with Crippen LogP contribution in [0.2, 0.25) is 0 Å². The van der Waals surface area contributed by atoms with E-state index in [1.807, 2.05) is 0 Å². The normalized spacial score (nSPS) is 24.5. The zero-order chi connectivity index (χ0) is 13.4. The SMILES string of the molecule is ClCC1(NCCCCC2CCOCC2)CCCCC1. The fourth-order valence-corrected chi connectivity index (χ4v) is 3.89. The zero-order valence-electron chi connectivity index (χ0n) is 12.3. The first-order chi connectivity index (χ1) is 9.35. The van der Waals surface area contributed by atoms with Gasteiger partial charge < -0.3 is 10.1 Å². The van der Waals surface area contributed by atoms with Crippen molar-refractivity contribution in [3.8, 4) is 0 Å². The lowest BCUT2D eigenvalue weighted by molar-refractivity contribution is 0.0631. The molecule has 1 aliphatic carbocycles. The Bertz CT molecular complexity index is 235. The van der Waals surface area contributed by atoms with Crippen LogP contribution >= 0.6 is 11.6 Å². The number of unbranched alkanes of at least 4 members (excludes halogenated alkanes) is 1. The van der Waals surface area contributed by atoms with E-state index in [9.17, 15) is 0 Å². The Kier molecular flexibility index (Phi) is 6.97. The third kappa shape index (κ3) is 5.24. The minimum atomic E-state index is 0.262. The summed E-state index contributed by atoms with van der Waals surface area (Å²) in [5, 5.41) is 3.77. The maximum Gasteiger partial charge on any atom is 0.0468 e. The van der Waals surface area contributed by atoms with Gasteiger partial charge in [-0.15, -0.1) is 11.6 Å². The number of hydrogen-bond donors (Lipinski definition) is 1. The van der Waals surface area contributed by atoms with E-state index in [0.717, 1.165) is 31.6 Å². The molecule has 112 valence electrons. The lowest BCUT2D eigenvalue weighted by atomic mass is 9.83. The minimum absolute atomic E-state index is 0.262. The number of hydrogen-bond acceptors (Lipinski definition) is 2. The average Bonchev–Trinajstić information content (AvgIpc) is 2.49. The topological polar surface area (TPSA) is 21.3 Å². The first-order valence-electron chi connectivity index (χ1n) is 8.23. The molecule has 1 aliphatic heterocycles. The van der Waals surface area contributed by atoms with Gasteiger partial charge in [0, 0.05) is 24.6 Å². The molecule has 0 bridgehead atoms. The number of nitrogens with one attached hydrogen (secondary N) is 1. The van der Waals surface area contributed by atoms with E-state index in [2.05, 4.69) is 5.32 Å². The predicted molar refractivity (Wildman–Crippen MR) is 81.9 cm³/mol. The fraction of sp³-hybridized carbons (Fsp3) is 1.00. The summed E-state index contributed by atoms with van der Waals surface area (Å²) < 4.78 is 5.41. The van der Waals surface area contributed by atoms with E-state index in [4.69, 9.17) is 16.3 Å². The van der Waals surface area contributed by atoms with E-state index in [1.54, 1.807) is 0 Å². The second-order valence-electron chi connectivity index (χ2n) is 6.45. The van der Waals surface area contributed by atoms with E-state index >= 15 is 0 Å². The van der Waals surface area contributed by atoms with Crippen molar-refractivity contribution >= 4 is 11.6 Å². The molecule has 0 radical (unpaired) electrons. The first kappa shape index (κ1) is 15.6. The summed E-state index contributed by atoms with van der Waals surface area (Å²) >= 11 is 6.20. The van der Waals surface area contributed by atoms with E-state index in [-0.39, 0.29) is 5.54 Å². The quantitative estimate of drug-likeness (QED) is 0.562. The number of alkyl halides is 1. The van der Waals surface area contributed by atoms with Crippen molar-refractivity contribution in [3.63, 3.8) is 0 Å². The Hall–Kier alpha value is 0.210. The van der Waals surface area contributed by atoms with Crippen LogP contribution in [0.4, 0.5) is 0 Å². The smallest absolute Gasteiger partial charge is 0.0468 e. The summed E-state index contributed by atoms with van der Waals surface area (Å²) in [6.45, 7) is 3.12. The molecule has 0 amide bonds. The van der Waals surface area contributed by atoms with E-state index in [0.29, 0.717) is 0 Å². The van der Waals surface area contributed by atoms with Crippen LogP contribution in [0.5, 0.6) is 0 Å². The van der Waals surface area contributed by atoms with Crippen molar-refractivity contribution in [2.24, 2.45) is 5.92 Å². The van der Waals surface area contributed by atoms with Crippen LogP contribution in [-0.4, -0.2) is 31.2 Å². The van der Waals surface area contributed by atoms with Gasteiger partial charge in [0.2, 0.25) is 0 Å². The number of ether oxygens (including phenoxy) is 1. The van der Waals surface area contributed by atoms with Gasteiger partial charge in [-0.05, 0) is 44.6 Å². The highest BCUT2D eigenvalue weighted by Crippen LogP contribution is 2.29. The maximum absolute atomic E-state index is 6.20. The molecule has 2 fully saturated rings. The molecule has 1 saturated carbocycles. The summed E-state index contributed by atoms with van der Waals surface area (Å²) in [5.74, 6) is 1.71. The number of rotatable bonds is 7. The molecule has 0 aromatic carbocycles. The van der Waals surface area contributed by atoms with Crippen molar-refractivity contribution in [1.82, 2.24) is 5.32 Å². The van der Waals surface area contributed by atoms with Gasteiger partial charge >= 0.3 is 0 Å². The van der Waals surface area contributed by atoms with Gasteiger partial charge in [0.15, 0.2) is 0 Å². The van der Waals surface area contributed by atoms with Crippen molar-refractivity contribution in [2.75, 3.05) is 25.6 Å². The van der Waals surface area contributed by atoms with Crippen LogP contribution < -0.4 is 5.32 Å². The molecule has 19 heavy (non-hydrogen) atoms. The van der Waals surface area contributed by atoms with Crippen LogP contribution in [-0.2, 0) is 4.74 Å². The highest BCUT2D eigenvalue weighted by molar-refractivity contribution is 6.18. The standard InChI is InChI=1S/C16H30ClNO/c17-14-16(9-3-1-4-10-16)18-11-5-2-6-15-7-12-19-13-8-15/h15,18H,1-14H2. The van der Waals surface area contributed by atoms with Crippen LogP contribution in [0.15, 0.2) is 0 Å². The Labute approximate surface area is 123 Å². The molecule has 1 heterocycles. The summed E-state index contributed by atoms with van der Waals surface area (Å²) in [6, 6.07) is 0. The van der Waals surface area contributed by atoms with Gasteiger partial charge in [0.05, 0.1) is 0 Å². The van der Waals surface area contributed by atoms with Crippen molar-refractivity contribution in [1.29, 1.82) is 0 Å². The Balaban J connectivity index is 1.55. The monoisotopic (exact) mass is 287 g/mol. The molecule has 0 atom stereocenters. The van der Waals surface area contributed by atoms with Crippen LogP contribution in [0, 0.1) is 5.92 Å². The third-order valence-corrected chi connectivity index (χ3v) is 5.46. The summed E-state index contributed by atoms with van der Waals surface area (Å²) in [5.41, 5.74) is 0.262. The molecule has 0 aromatic rings. The molecular weight excluding hydrogens is 258 g/mol. The van der Waals surface area contributed by atoms with Crippen LogP contribution in [0.25, 0.3) is 0 Å². The van der Waals surface area contributed by atoms with Gasteiger partial charge in [-0.1, -0.05) is 32.1 Å². The molecule has 0 unspecified atom stereocenters. The van der Waals surface area contributed by atoms with Crippen LogP contribution in [0.3, 0.4) is 0 Å². The minimum Gasteiger partial charge on any atom is -0.381 e. The van der Waals surface area contributed by atoms with Gasteiger partial charge in [0.1, 0.15) is 0 Å². The molecule has 2 aliphatic rings. The van der Waals surface area contributed by atoms with Gasteiger partial charge in [-0.25, -0.2) is 0 Å². The van der Waals surface area contributed by atoms with Crippen molar-refractivity contribution < 1.29 is 4.74 Å². The Morgan fingerprint density at radius 3 is 2.47 bits per heavy atom. The van der Waals surface area contributed by atoms with Gasteiger partial charge in [0.25, 0.3) is 0 Å². The molecule has 2 nitrogen and oxygen atoms in total. The molecule has 1 N–H and O–H groups in total. The highest BCUT2D eigenvalue weighted by atomic mass is 35.5. The van der Waals surface area contributed by atoms with Gasteiger partial charge in [-0.3, -0.25) is 0 Å². The predicted octanol–water partition coefficient (Wildman–Crippen LogP) is 4.11. The van der Waals surface area contributed by atoms with Gasteiger partial charge in [-0.2, -0.15) is 0 Å². The zero-order valence-corrected chi connectivity index (χ0v) is 13.0. The molecule has 0 aromatic heterocycles. The Morgan fingerprint density at radius 1 is 1.05 bits per heavy atom. The fourth-order valence-electron chi connectivity index (χ4n) is 3.53. The average molecular weight is 288 g/mol. The lowest BCUT2D eigenvalue weighted by Gasteiger charge is -2.36. The van der Waals surface area contributed by atoms with Crippen LogP contribution in [0.1, 0.15) is 64.2 Å². The van der Waals surface area contributed by atoms with Crippen molar-refractivity contribution in [3.05, 3.63) is 0 Å². The summed E-state index contributed by atoms with van der Waals surface area (Å²) in [4.78, 5) is 0. The lowest BCUT2D eigenvalue weighted by Crippen LogP contribution is -2.48. The van der Waals surface area contributed by atoms with E-state index < -0.39 is 0 Å². The second-order valence-corrected chi connectivity index (χ2v) is 6.72. The molecule has 2 rings (SSSR count). The van der Waals surface area contributed by atoms with E-state index in [1.165, 1.54) is 64.2 Å². The molecular formula is C16H30ClNO. The largest absolute Gasteiger partial charge is 0.381 e. The van der Waals surface area contributed by atoms with Crippen molar-refractivity contribution in [2.45, 2.75) is 69.7 Å². The molecule has 0 spiro atoms. The highest BCUT2D eigenvalue weighted by Gasteiger charge is 2.30. The second kappa shape index (κ2) is 8.49. The molecule has 3 heteroatoms. The summed E-state index contributed by atoms with van der Waals surface area (Å²) in [6.07, 6.45) is 13.2. The molecule has 1 saturated heterocycles. The summed E-state index contributed by atoms with van der Waals surface area (Å²) in [7, 11) is 0.